The number of aromatic nitrogens is 1. The van der Waals surface area contributed by atoms with Crippen LogP contribution >= 0.6 is 0 Å². The molecule has 0 aliphatic carbocycles. The number of sulfone groups is 1. The number of hydrogen-bond donors (Lipinski definition) is 1. The molecule has 1 aromatic heterocycles. The molecule has 0 aliphatic rings. The van der Waals surface area contributed by atoms with Crippen LogP contribution in [0, 0.1) is 0 Å². The van der Waals surface area contributed by atoms with Crippen molar-refractivity contribution in [3.8, 4) is 0 Å². The van der Waals surface area contributed by atoms with Gasteiger partial charge in [0.2, 0.25) is 0 Å². The summed E-state index contributed by atoms with van der Waals surface area (Å²) in [5.74, 6) is -0.197. The van der Waals surface area contributed by atoms with Gasteiger partial charge in [-0.25, -0.2) is 8.42 Å². The number of pyridine rings is 1. The molecule has 1 aromatic carbocycles. The standard InChI is InChI=1S/C15H16N2O3S/c1-11(17-15(18)13-7-9-16-10-8-13)12-3-5-14(6-4-12)21(2,19)20/h3-11H,1-2H3,(H,17,18). The Labute approximate surface area is 124 Å². The summed E-state index contributed by atoms with van der Waals surface area (Å²) in [4.78, 5) is 16.1. The van der Waals surface area contributed by atoms with Gasteiger partial charge in [-0.1, -0.05) is 12.1 Å². The van der Waals surface area contributed by atoms with Gasteiger partial charge in [0.1, 0.15) is 0 Å². The Morgan fingerprint density at radius 2 is 1.67 bits per heavy atom. The summed E-state index contributed by atoms with van der Waals surface area (Å²) in [7, 11) is -3.21. The van der Waals surface area contributed by atoms with Crippen LogP contribution in [-0.2, 0) is 9.84 Å². The summed E-state index contributed by atoms with van der Waals surface area (Å²) in [5.41, 5.74) is 1.37. The van der Waals surface area contributed by atoms with Crippen LogP contribution in [0.15, 0.2) is 53.7 Å². The summed E-state index contributed by atoms with van der Waals surface area (Å²) in [6, 6.07) is 9.53. The second-order valence-electron chi connectivity index (χ2n) is 4.77. The fourth-order valence-electron chi connectivity index (χ4n) is 1.87. The van der Waals surface area contributed by atoms with E-state index in [1.54, 1.807) is 48.8 Å². The molecule has 2 aromatic rings. The van der Waals surface area contributed by atoms with Gasteiger partial charge in [-0.2, -0.15) is 0 Å². The number of amides is 1. The molecule has 1 atom stereocenters. The van der Waals surface area contributed by atoms with Crippen LogP contribution in [0.4, 0.5) is 0 Å². The zero-order valence-corrected chi connectivity index (χ0v) is 12.6. The summed E-state index contributed by atoms with van der Waals surface area (Å²) >= 11 is 0. The van der Waals surface area contributed by atoms with Crippen molar-refractivity contribution < 1.29 is 13.2 Å². The topological polar surface area (TPSA) is 76.1 Å². The molecule has 0 saturated carbocycles. The van der Waals surface area contributed by atoms with E-state index in [9.17, 15) is 13.2 Å². The fourth-order valence-corrected chi connectivity index (χ4v) is 2.50. The van der Waals surface area contributed by atoms with Crippen molar-refractivity contribution in [3.05, 3.63) is 59.9 Å². The van der Waals surface area contributed by atoms with Crippen molar-refractivity contribution in [2.24, 2.45) is 0 Å². The van der Waals surface area contributed by atoms with Crippen LogP contribution in [0.25, 0.3) is 0 Å². The predicted octanol–water partition coefficient (Wildman–Crippen LogP) is 1.98. The van der Waals surface area contributed by atoms with Crippen LogP contribution in [0.5, 0.6) is 0 Å². The molecule has 1 N–H and O–H groups in total. The Hall–Kier alpha value is -2.21. The monoisotopic (exact) mass is 304 g/mol. The fraction of sp³-hybridized carbons (Fsp3) is 0.200. The molecule has 2 rings (SSSR count). The van der Waals surface area contributed by atoms with E-state index in [2.05, 4.69) is 10.3 Å². The highest BCUT2D eigenvalue weighted by Gasteiger charge is 2.12. The summed E-state index contributed by atoms with van der Waals surface area (Å²) in [5, 5.41) is 2.85. The van der Waals surface area contributed by atoms with Crippen LogP contribution in [0.3, 0.4) is 0 Å². The van der Waals surface area contributed by atoms with E-state index in [0.717, 1.165) is 11.8 Å². The molecule has 0 bridgehead atoms. The third kappa shape index (κ3) is 3.88. The van der Waals surface area contributed by atoms with Gasteiger partial charge >= 0.3 is 0 Å². The van der Waals surface area contributed by atoms with Crippen molar-refractivity contribution in [2.75, 3.05) is 6.26 Å². The van der Waals surface area contributed by atoms with Gasteiger partial charge in [0.25, 0.3) is 5.91 Å². The Morgan fingerprint density at radius 1 is 1.10 bits per heavy atom. The maximum atomic E-state index is 12.0. The minimum Gasteiger partial charge on any atom is -0.346 e. The predicted molar refractivity (Wildman–Crippen MR) is 79.7 cm³/mol. The Morgan fingerprint density at radius 3 is 2.19 bits per heavy atom. The molecule has 21 heavy (non-hydrogen) atoms. The van der Waals surface area contributed by atoms with Crippen LogP contribution in [0.1, 0.15) is 28.9 Å². The highest BCUT2D eigenvalue weighted by molar-refractivity contribution is 7.90. The quantitative estimate of drug-likeness (QED) is 0.937. The van der Waals surface area contributed by atoms with E-state index >= 15 is 0 Å². The zero-order chi connectivity index (χ0) is 15.5. The molecular weight excluding hydrogens is 288 g/mol. The number of nitrogens with one attached hydrogen (secondary N) is 1. The minimum absolute atomic E-state index is 0.197. The van der Waals surface area contributed by atoms with Gasteiger partial charge in [-0.05, 0) is 36.8 Å². The summed E-state index contributed by atoms with van der Waals surface area (Å²) in [6.07, 6.45) is 4.28. The molecule has 0 spiro atoms. The van der Waals surface area contributed by atoms with Crippen molar-refractivity contribution >= 4 is 15.7 Å². The Bertz CT molecular complexity index is 725. The highest BCUT2D eigenvalue weighted by Crippen LogP contribution is 2.16. The van der Waals surface area contributed by atoms with Crippen molar-refractivity contribution in [1.82, 2.24) is 10.3 Å². The average Bonchev–Trinajstić information content (AvgIpc) is 2.47. The largest absolute Gasteiger partial charge is 0.346 e. The second kappa shape index (κ2) is 6.05. The van der Waals surface area contributed by atoms with Crippen molar-refractivity contribution in [2.45, 2.75) is 17.9 Å². The summed E-state index contributed by atoms with van der Waals surface area (Å²) < 4.78 is 22.8. The second-order valence-corrected chi connectivity index (χ2v) is 6.79. The molecule has 1 unspecified atom stereocenters. The third-order valence-corrected chi connectivity index (χ3v) is 4.23. The molecule has 1 amide bonds. The molecule has 0 saturated heterocycles. The summed E-state index contributed by atoms with van der Waals surface area (Å²) in [6.45, 7) is 1.84. The lowest BCUT2D eigenvalue weighted by Gasteiger charge is -2.14. The lowest BCUT2D eigenvalue weighted by Crippen LogP contribution is -2.26. The number of carbonyl (C=O) groups excluding carboxylic acids is 1. The smallest absolute Gasteiger partial charge is 0.251 e. The van der Waals surface area contributed by atoms with Gasteiger partial charge in [-0.15, -0.1) is 0 Å². The third-order valence-electron chi connectivity index (χ3n) is 3.10. The highest BCUT2D eigenvalue weighted by atomic mass is 32.2. The maximum absolute atomic E-state index is 12.0. The number of hydrogen-bond acceptors (Lipinski definition) is 4. The first-order chi connectivity index (χ1) is 9.88. The van der Waals surface area contributed by atoms with Gasteiger partial charge < -0.3 is 5.32 Å². The van der Waals surface area contributed by atoms with E-state index in [4.69, 9.17) is 0 Å². The molecule has 5 nitrogen and oxygen atoms in total. The van der Waals surface area contributed by atoms with Crippen molar-refractivity contribution in [3.63, 3.8) is 0 Å². The minimum atomic E-state index is -3.21. The lowest BCUT2D eigenvalue weighted by molar-refractivity contribution is 0.0939. The molecule has 1 heterocycles. The first-order valence-corrected chi connectivity index (χ1v) is 8.28. The molecule has 110 valence electrons. The molecule has 0 radical (unpaired) electrons. The van der Waals surface area contributed by atoms with Crippen molar-refractivity contribution in [1.29, 1.82) is 0 Å². The number of benzene rings is 1. The number of rotatable bonds is 4. The van der Waals surface area contributed by atoms with Crippen LogP contribution in [0.2, 0.25) is 0 Å². The maximum Gasteiger partial charge on any atom is 0.251 e. The van der Waals surface area contributed by atoms with E-state index in [0.29, 0.717) is 5.56 Å². The van der Waals surface area contributed by atoms with E-state index in [1.807, 2.05) is 6.92 Å². The molecule has 0 fully saturated rings. The lowest BCUT2D eigenvalue weighted by atomic mass is 10.1. The first kappa shape index (κ1) is 15.2. The van der Waals surface area contributed by atoms with Gasteiger partial charge in [0.15, 0.2) is 9.84 Å². The SMILES string of the molecule is CC(NC(=O)c1ccncc1)c1ccc(S(C)(=O)=O)cc1. The molecular formula is C15H16N2O3S. The Kier molecular flexibility index (Phi) is 4.37. The Balaban J connectivity index is 2.10. The van der Waals surface area contributed by atoms with E-state index in [1.165, 1.54) is 0 Å². The molecule has 6 heteroatoms. The molecule has 0 aliphatic heterocycles. The van der Waals surface area contributed by atoms with Gasteiger partial charge in [0, 0.05) is 24.2 Å². The van der Waals surface area contributed by atoms with Crippen LogP contribution in [-0.4, -0.2) is 25.6 Å². The van der Waals surface area contributed by atoms with Gasteiger partial charge in [-0.3, -0.25) is 9.78 Å². The van der Waals surface area contributed by atoms with E-state index < -0.39 is 9.84 Å². The normalized spacial score (nSPS) is 12.7. The van der Waals surface area contributed by atoms with E-state index in [-0.39, 0.29) is 16.8 Å². The average molecular weight is 304 g/mol. The van der Waals surface area contributed by atoms with Crippen LogP contribution < -0.4 is 5.32 Å². The number of nitrogens with zero attached hydrogens (tertiary/aromatic N) is 1. The van der Waals surface area contributed by atoms with Gasteiger partial charge in [0.05, 0.1) is 10.9 Å². The zero-order valence-electron chi connectivity index (χ0n) is 11.8. The first-order valence-electron chi connectivity index (χ1n) is 6.39. The number of carbonyl (C=O) groups is 1.